The van der Waals surface area contributed by atoms with Crippen molar-refractivity contribution in [1.29, 1.82) is 0 Å². The van der Waals surface area contributed by atoms with Crippen LogP contribution in [0.4, 0.5) is 5.69 Å². The van der Waals surface area contributed by atoms with E-state index in [2.05, 4.69) is 15.4 Å². The molecule has 0 spiro atoms. The number of carbonyl (C=O) groups is 1. The van der Waals surface area contributed by atoms with Crippen LogP contribution in [0, 0.1) is 13.8 Å². The third-order valence-corrected chi connectivity index (χ3v) is 4.68. The number of rotatable bonds is 5. The van der Waals surface area contributed by atoms with Gasteiger partial charge in [0.05, 0.1) is 12.8 Å². The molecule has 0 atom stereocenters. The molecule has 1 N–H and O–H groups in total. The lowest BCUT2D eigenvalue weighted by Gasteiger charge is -2.07. The summed E-state index contributed by atoms with van der Waals surface area (Å²) in [4.78, 5) is 17.4. The van der Waals surface area contributed by atoms with Crippen molar-refractivity contribution in [2.24, 2.45) is 0 Å². The molecule has 150 valence electrons. The second kappa shape index (κ2) is 8.21. The molecule has 6 heteroatoms. The zero-order valence-corrected chi connectivity index (χ0v) is 17.1. The molecular formula is C24H22N4O2. The number of aryl methyl sites for hydroxylation is 2. The molecule has 1 heterocycles. The van der Waals surface area contributed by atoms with Gasteiger partial charge in [-0.15, -0.1) is 5.10 Å². The topological polar surface area (TPSA) is 69.0 Å². The highest BCUT2D eigenvalue weighted by Crippen LogP contribution is 2.23. The lowest BCUT2D eigenvalue weighted by molar-refractivity contribution is 0.101. The maximum Gasteiger partial charge on any atom is 0.295 e. The molecule has 0 unspecified atom stereocenters. The van der Waals surface area contributed by atoms with Gasteiger partial charge in [-0.25, -0.2) is 9.67 Å². The lowest BCUT2D eigenvalue weighted by Crippen LogP contribution is -2.14. The molecule has 3 aromatic carbocycles. The van der Waals surface area contributed by atoms with Crippen molar-refractivity contribution in [2.75, 3.05) is 12.4 Å². The Kier molecular flexibility index (Phi) is 5.30. The smallest absolute Gasteiger partial charge is 0.295 e. The molecule has 30 heavy (non-hydrogen) atoms. The number of hydrogen-bond donors (Lipinski definition) is 1. The number of methoxy groups -OCH3 is 1. The standard InChI is InChI=1S/C24H22N4O2/c1-16-6-4-8-18(14-16)23-26-22(27-28(23)20-9-5-7-17(2)15-20)24(29)25-19-10-12-21(30-3)13-11-19/h4-15H,1-3H3,(H,25,29). The molecule has 1 amide bonds. The van der Waals surface area contributed by atoms with Gasteiger partial charge < -0.3 is 10.1 Å². The van der Waals surface area contributed by atoms with E-state index in [0.29, 0.717) is 11.5 Å². The Morgan fingerprint density at radius 3 is 2.30 bits per heavy atom. The predicted octanol–water partition coefficient (Wildman–Crippen LogP) is 4.81. The number of anilines is 1. The summed E-state index contributed by atoms with van der Waals surface area (Å²) in [6, 6.07) is 23.0. The van der Waals surface area contributed by atoms with Gasteiger partial charge in [-0.3, -0.25) is 4.79 Å². The zero-order valence-electron chi connectivity index (χ0n) is 17.1. The summed E-state index contributed by atoms with van der Waals surface area (Å²) in [6.45, 7) is 4.04. The van der Waals surface area contributed by atoms with Gasteiger partial charge in [-0.05, 0) is 61.9 Å². The van der Waals surface area contributed by atoms with Crippen molar-refractivity contribution >= 4 is 11.6 Å². The summed E-state index contributed by atoms with van der Waals surface area (Å²) in [5, 5.41) is 7.37. The molecule has 0 radical (unpaired) electrons. The Morgan fingerprint density at radius 1 is 0.933 bits per heavy atom. The van der Waals surface area contributed by atoms with Crippen LogP contribution in [0.25, 0.3) is 17.1 Å². The van der Waals surface area contributed by atoms with E-state index in [-0.39, 0.29) is 11.7 Å². The number of benzene rings is 3. The summed E-state index contributed by atoms with van der Waals surface area (Å²) < 4.78 is 6.87. The Hall–Kier alpha value is -3.93. The number of ether oxygens (including phenoxy) is 1. The molecule has 0 aliphatic carbocycles. The van der Waals surface area contributed by atoms with E-state index in [9.17, 15) is 4.79 Å². The highest BCUT2D eigenvalue weighted by molar-refractivity contribution is 6.01. The zero-order chi connectivity index (χ0) is 21.1. The predicted molar refractivity (Wildman–Crippen MR) is 117 cm³/mol. The first-order chi connectivity index (χ1) is 14.5. The molecule has 4 rings (SSSR count). The number of hydrogen-bond acceptors (Lipinski definition) is 4. The molecule has 0 aliphatic rings. The van der Waals surface area contributed by atoms with E-state index < -0.39 is 0 Å². The van der Waals surface area contributed by atoms with Crippen LogP contribution in [-0.2, 0) is 0 Å². The monoisotopic (exact) mass is 398 g/mol. The van der Waals surface area contributed by atoms with Crippen molar-refractivity contribution in [1.82, 2.24) is 14.8 Å². The minimum atomic E-state index is -0.375. The molecule has 4 aromatic rings. The van der Waals surface area contributed by atoms with Gasteiger partial charge in [0, 0.05) is 11.3 Å². The summed E-state index contributed by atoms with van der Waals surface area (Å²) in [5.41, 5.74) is 4.60. The molecule has 0 bridgehead atoms. The van der Waals surface area contributed by atoms with Crippen LogP contribution in [-0.4, -0.2) is 27.8 Å². The van der Waals surface area contributed by atoms with Crippen molar-refractivity contribution in [3.8, 4) is 22.8 Å². The van der Waals surface area contributed by atoms with Crippen LogP contribution in [0.3, 0.4) is 0 Å². The quantitative estimate of drug-likeness (QED) is 0.524. The maximum atomic E-state index is 12.8. The molecule has 0 saturated heterocycles. The highest BCUT2D eigenvalue weighted by atomic mass is 16.5. The summed E-state index contributed by atoms with van der Waals surface area (Å²) in [7, 11) is 1.60. The first-order valence-electron chi connectivity index (χ1n) is 9.60. The number of nitrogens with one attached hydrogen (secondary N) is 1. The molecule has 0 aliphatic heterocycles. The van der Waals surface area contributed by atoms with Gasteiger partial charge in [-0.2, -0.15) is 0 Å². The third kappa shape index (κ3) is 4.07. The Labute approximate surface area is 175 Å². The van der Waals surface area contributed by atoms with Gasteiger partial charge in [0.15, 0.2) is 5.82 Å². The minimum Gasteiger partial charge on any atom is -0.497 e. The number of nitrogens with zero attached hydrogens (tertiary/aromatic N) is 3. The maximum absolute atomic E-state index is 12.8. The van der Waals surface area contributed by atoms with Gasteiger partial charge in [0.1, 0.15) is 5.75 Å². The number of amides is 1. The van der Waals surface area contributed by atoms with Crippen LogP contribution >= 0.6 is 0 Å². The SMILES string of the molecule is COc1ccc(NC(=O)c2nc(-c3cccc(C)c3)n(-c3cccc(C)c3)n2)cc1. The van der Waals surface area contributed by atoms with Crippen LogP contribution in [0.1, 0.15) is 21.7 Å². The normalized spacial score (nSPS) is 10.6. The molecule has 6 nitrogen and oxygen atoms in total. The molecular weight excluding hydrogens is 376 g/mol. The van der Waals surface area contributed by atoms with E-state index in [1.807, 2.05) is 62.4 Å². The van der Waals surface area contributed by atoms with Crippen molar-refractivity contribution in [3.63, 3.8) is 0 Å². The van der Waals surface area contributed by atoms with E-state index in [0.717, 1.165) is 28.1 Å². The number of carbonyl (C=O) groups excluding carboxylic acids is 1. The van der Waals surface area contributed by atoms with Crippen LogP contribution < -0.4 is 10.1 Å². The van der Waals surface area contributed by atoms with Crippen LogP contribution in [0.2, 0.25) is 0 Å². The van der Waals surface area contributed by atoms with Crippen molar-refractivity contribution in [2.45, 2.75) is 13.8 Å². The van der Waals surface area contributed by atoms with Gasteiger partial charge in [0.2, 0.25) is 5.82 Å². The summed E-state index contributed by atoms with van der Waals surface area (Å²) in [6.07, 6.45) is 0. The largest absolute Gasteiger partial charge is 0.497 e. The summed E-state index contributed by atoms with van der Waals surface area (Å²) in [5.74, 6) is 1.06. The Bertz CT molecular complexity index is 1130. The fourth-order valence-electron chi connectivity index (χ4n) is 3.18. The van der Waals surface area contributed by atoms with Gasteiger partial charge in [-0.1, -0.05) is 35.9 Å². The Balaban J connectivity index is 1.73. The molecule has 0 saturated carbocycles. The average molecular weight is 398 g/mol. The fourth-order valence-corrected chi connectivity index (χ4v) is 3.18. The molecule has 0 fully saturated rings. The summed E-state index contributed by atoms with van der Waals surface area (Å²) >= 11 is 0. The van der Waals surface area contributed by atoms with E-state index in [1.54, 1.807) is 36.1 Å². The first kappa shape index (κ1) is 19.4. The van der Waals surface area contributed by atoms with Gasteiger partial charge >= 0.3 is 0 Å². The Morgan fingerprint density at radius 2 is 1.63 bits per heavy atom. The van der Waals surface area contributed by atoms with Crippen LogP contribution in [0.5, 0.6) is 5.75 Å². The third-order valence-electron chi connectivity index (χ3n) is 4.68. The van der Waals surface area contributed by atoms with E-state index in [1.165, 1.54) is 0 Å². The van der Waals surface area contributed by atoms with E-state index >= 15 is 0 Å². The van der Waals surface area contributed by atoms with Crippen molar-refractivity contribution < 1.29 is 9.53 Å². The molecule has 1 aromatic heterocycles. The van der Waals surface area contributed by atoms with E-state index in [4.69, 9.17) is 4.74 Å². The minimum absolute atomic E-state index is 0.101. The number of aromatic nitrogens is 3. The fraction of sp³-hybridized carbons (Fsp3) is 0.125. The second-order valence-electron chi connectivity index (χ2n) is 7.06. The highest BCUT2D eigenvalue weighted by Gasteiger charge is 2.19. The first-order valence-corrected chi connectivity index (χ1v) is 9.60. The van der Waals surface area contributed by atoms with Gasteiger partial charge in [0.25, 0.3) is 5.91 Å². The average Bonchev–Trinajstić information content (AvgIpc) is 3.20. The van der Waals surface area contributed by atoms with Crippen molar-refractivity contribution in [3.05, 3.63) is 89.7 Å². The second-order valence-corrected chi connectivity index (χ2v) is 7.06. The lowest BCUT2D eigenvalue weighted by atomic mass is 10.1. The van der Waals surface area contributed by atoms with Crippen LogP contribution in [0.15, 0.2) is 72.8 Å².